The lowest BCUT2D eigenvalue weighted by Crippen LogP contribution is -2.11. The minimum atomic E-state index is 0.520. The molecule has 1 nitrogen and oxygen atoms in total. The number of hydrogen-bond acceptors (Lipinski definition) is 1. The monoisotopic (exact) mass is 329 g/mol. The van der Waals surface area contributed by atoms with Crippen molar-refractivity contribution >= 4 is 0 Å². The molecule has 0 saturated carbocycles. The Bertz CT molecular complexity index is 527. The minimum Gasteiger partial charge on any atom is -0.326 e. The van der Waals surface area contributed by atoms with Gasteiger partial charge < -0.3 is 5.73 Å². The fraction of sp³-hybridized carbons (Fsp3) is 0.652. The molecule has 0 heterocycles. The Balaban J connectivity index is 3.00. The molecular weight excluding hydrogens is 290 g/mol. The van der Waals surface area contributed by atoms with Crippen LogP contribution < -0.4 is 5.73 Å². The first-order chi connectivity index (χ1) is 11.3. The van der Waals surface area contributed by atoms with Crippen LogP contribution in [0.1, 0.15) is 88.5 Å². The van der Waals surface area contributed by atoms with E-state index in [4.69, 9.17) is 5.73 Å². The van der Waals surface area contributed by atoms with Crippen LogP contribution in [0.4, 0.5) is 0 Å². The Kier molecular flexibility index (Phi) is 8.76. The zero-order valence-electron chi connectivity index (χ0n) is 16.9. The number of allylic oxidation sites excluding steroid dienone is 1. The number of aryl methyl sites for hydroxylation is 2. The molecule has 0 saturated heterocycles. The van der Waals surface area contributed by atoms with Gasteiger partial charge in [-0.15, -0.1) is 0 Å². The van der Waals surface area contributed by atoms with Gasteiger partial charge in [-0.3, -0.25) is 0 Å². The number of nitrogens with two attached hydrogens (primary N) is 1. The Morgan fingerprint density at radius 3 is 2.29 bits per heavy atom. The van der Waals surface area contributed by atoms with Crippen LogP contribution in [0.5, 0.6) is 0 Å². The third-order valence-electron chi connectivity index (χ3n) is 5.26. The summed E-state index contributed by atoms with van der Waals surface area (Å²) >= 11 is 0. The Labute approximate surface area is 150 Å². The average molecular weight is 330 g/mol. The van der Waals surface area contributed by atoms with Crippen molar-refractivity contribution in [2.75, 3.05) is 0 Å². The summed E-state index contributed by atoms with van der Waals surface area (Å²) in [4.78, 5) is 0. The van der Waals surface area contributed by atoms with Gasteiger partial charge in [0.15, 0.2) is 0 Å². The van der Waals surface area contributed by atoms with Crippen molar-refractivity contribution in [2.45, 2.75) is 86.1 Å². The quantitative estimate of drug-likeness (QED) is 0.485. The van der Waals surface area contributed by atoms with E-state index in [0.29, 0.717) is 18.4 Å². The van der Waals surface area contributed by atoms with Gasteiger partial charge in [0, 0.05) is 6.54 Å². The highest BCUT2D eigenvalue weighted by Crippen LogP contribution is 2.33. The first kappa shape index (κ1) is 21.0. The van der Waals surface area contributed by atoms with Crippen molar-refractivity contribution in [1.82, 2.24) is 0 Å². The molecule has 1 heteroatoms. The minimum absolute atomic E-state index is 0.520. The molecule has 1 aromatic rings. The number of benzene rings is 1. The Morgan fingerprint density at radius 1 is 1.12 bits per heavy atom. The van der Waals surface area contributed by atoms with Gasteiger partial charge in [-0.25, -0.2) is 0 Å². The largest absolute Gasteiger partial charge is 0.326 e. The predicted molar refractivity (Wildman–Crippen MR) is 108 cm³/mol. The van der Waals surface area contributed by atoms with Crippen LogP contribution >= 0.6 is 0 Å². The molecule has 0 amide bonds. The van der Waals surface area contributed by atoms with Gasteiger partial charge in [0.25, 0.3) is 0 Å². The van der Waals surface area contributed by atoms with E-state index in [0.717, 1.165) is 18.8 Å². The summed E-state index contributed by atoms with van der Waals surface area (Å²) in [6.07, 6.45) is 5.89. The molecule has 136 valence electrons. The van der Waals surface area contributed by atoms with Crippen LogP contribution in [0.2, 0.25) is 0 Å². The highest BCUT2D eigenvalue weighted by molar-refractivity contribution is 5.40. The van der Waals surface area contributed by atoms with Gasteiger partial charge in [-0.1, -0.05) is 65.3 Å². The van der Waals surface area contributed by atoms with Gasteiger partial charge >= 0.3 is 0 Å². The van der Waals surface area contributed by atoms with Crippen molar-refractivity contribution in [1.29, 1.82) is 0 Å². The fourth-order valence-electron chi connectivity index (χ4n) is 3.86. The summed E-state index contributed by atoms with van der Waals surface area (Å²) in [5.74, 6) is 1.91. The van der Waals surface area contributed by atoms with Gasteiger partial charge in [-0.2, -0.15) is 0 Å². The first-order valence-electron chi connectivity index (χ1n) is 9.83. The van der Waals surface area contributed by atoms with Crippen LogP contribution in [0.15, 0.2) is 24.3 Å². The third-order valence-corrected chi connectivity index (χ3v) is 5.26. The van der Waals surface area contributed by atoms with E-state index in [-0.39, 0.29) is 0 Å². The van der Waals surface area contributed by atoms with Gasteiger partial charge in [0.05, 0.1) is 0 Å². The summed E-state index contributed by atoms with van der Waals surface area (Å²) in [5.41, 5.74) is 13.0. The normalized spacial score (nSPS) is 14.0. The summed E-state index contributed by atoms with van der Waals surface area (Å²) in [7, 11) is 0. The van der Waals surface area contributed by atoms with E-state index in [1.165, 1.54) is 47.1 Å². The van der Waals surface area contributed by atoms with Crippen molar-refractivity contribution in [3.05, 3.63) is 46.5 Å². The molecule has 0 aliphatic carbocycles. The van der Waals surface area contributed by atoms with E-state index in [1.807, 2.05) is 0 Å². The van der Waals surface area contributed by atoms with Gasteiger partial charge in [-0.05, 0) is 72.6 Å². The fourth-order valence-corrected chi connectivity index (χ4v) is 3.86. The first-order valence-corrected chi connectivity index (χ1v) is 9.83. The Hall–Kier alpha value is -1.08. The van der Waals surface area contributed by atoms with Crippen molar-refractivity contribution < 1.29 is 0 Å². The van der Waals surface area contributed by atoms with Gasteiger partial charge in [0.2, 0.25) is 0 Å². The number of hydrogen-bond donors (Lipinski definition) is 1. The van der Waals surface area contributed by atoms with Crippen LogP contribution in [0.3, 0.4) is 0 Å². The lowest BCUT2D eigenvalue weighted by molar-refractivity contribution is 0.433. The van der Waals surface area contributed by atoms with Crippen LogP contribution in [0, 0.1) is 18.8 Å². The molecule has 0 bridgehead atoms. The molecule has 0 aliphatic rings. The van der Waals surface area contributed by atoms with Crippen LogP contribution in [-0.2, 0) is 13.0 Å². The SMILES string of the molecule is C=C(CC(C)c1cc(CN)c(C)cc1CCC)C(CC)CC(C)C. The molecule has 1 rings (SSSR count). The predicted octanol–water partition coefficient (Wildman–Crippen LogP) is 6.53. The summed E-state index contributed by atoms with van der Waals surface area (Å²) < 4.78 is 0. The van der Waals surface area contributed by atoms with Crippen LogP contribution in [0.25, 0.3) is 0 Å². The standard InChI is InChI=1S/C23H39N/c1-8-10-21-13-18(6)22(15-24)14-23(21)19(7)12-17(5)20(9-2)11-16(3)4/h13-14,16,19-20H,5,8-12,15,24H2,1-4,6-7H3. The number of rotatable bonds is 10. The maximum absolute atomic E-state index is 5.95. The van der Waals surface area contributed by atoms with Crippen molar-refractivity contribution in [3.63, 3.8) is 0 Å². The maximum Gasteiger partial charge on any atom is 0.0180 e. The summed E-state index contributed by atoms with van der Waals surface area (Å²) in [5, 5.41) is 0. The van der Waals surface area contributed by atoms with E-state index in [1.54, 1.807) is 0 Å². The lowest BCUT2D eigenvalue weighted by Gasteiger charge is -2.25. The smallest absolute Gasteiger partial charge is 0.0180 e. The molecule has 0 aromatic heterocycles. The summed E-state index contributed by atoms with van der Waals surface area (Å²) in [6, 6.07) is 4.73. The molecule has 1 aromatic carbocycles. The lowest BCUT2D eigenvalue weighted by atomic mass is 9.81. The second-order valence-corrected chi connectivity index (χ2v) is 7.93. The molecule has 2 atom stereocenters. The highest BCUT2D eigenvalue weighted by Gasteiger charge is 2.18. The molecule has 0 fully saturated rings. The van der Waals surface area contributed by atoms with E-state index in [9.17, 15) is 0 Å². The Morgan fingerprint density at radius 2 is 1.79 bits per heavy atom. The zero-order valence-corrected chi connectivity index (χ0v) is 16.9. The average Bonchev–Trinajstić information content (AvgIpc) is 2.52. The van der Waals surface area contributed by atoms with Crippen molar-refractivity contribution in [2.24, 2.45) is 17.6 Å². The van der Waals surface area contributed by atoms with E-state index >= 15 is 0 Å². The molecular formula is C23H39N. The molecule has 0 spiro atoms. The molecule has 2 N–H and O–H groups in total. The van der Waals surface area contributed by atoms with Crippen LogP contribution in [-0.4, -0.2) is 0 Å². The molecule has 0 aliphatic heterocycles. The molecule has 0 radical (unpaired) electrons. The highest BCUT2D eigenvalue weighted by atomic mass is 14.5. The van der Waals surface area contributed by atoms with Gasteiger partial charge in [0.1, 0.15) is 0 Å². The molecule has 2 unspecified atom stereocenters. The summed E-state index contributed by atoms with van der Waals surface area (Å²) in [6.45, 7) is 18.8. The molecule has 24 heavy (non-hydrogen) atoms. The van der Waals surface area contributed by atoms with E-state index < -0.39 is 0 Å². The van der Waals surface area contributed by atoms with Crippen molar-refractivity contribution in [3.8, 4) is 0 Å². The third kappa shape index (κ3) is 5.77. The topological polar surface area (TPSA) is 26.0 Å². The zero-order chi connectivity index (χ0) is 18.3. The van der Waals surface area contributed by atoms with E-state index in [2.05, 4.69) is 60.3 Å². The maximum atomic E-state index is 5.95. The second kappa shape index (κ2) is 10.0. The second-order valence-electron chi connectivity index (χ2n) is 7.93.